The number of hydrogen-bond donors (Lipinski definition) is 1. The fraction of sp³-hybridized carbons (Fsp3) is 0.450. The Bertz CT molecular complexity index is 712. The Morgan fingerprint density at radius 2 is 1.88 bits per heavy atom. The maximum Gasteiger partial charge on any atom is 0.217 e. The first-order valence-corrected chi connectivity index (χ1v) is 9.90. The van der Waals surface area contributed by atoms with Gasteiger partial charge >= 0.3 is 0 Å². The van der Waals surface area contributed by atoms with Crippen LogP contribution in [0.1, 0.15) is 24.8 Å². The summed E-state index contributed by atoms with van der Waals surface area (Å²) in [5.74, 6) is 0.939. The molecule has 6 heteroatoms. The monoisotopic (exact) mass is 373 g/mol. The van der Waals surface area contributed by atoms with Gasteiger partial charge in [-0.3, -0.25) is 9.69 Å². The number of para-hydroxylation sites is 2. The Balaban J connectivity index is 1.72. The van der Waals surface area contributed by atoms with Crippen molar-refractivity contribution in [3.05, 3.63) is 46.7 Å². The van der Waals surface area contributed by atoms with Gasteiger partial charge in [-0.1, -0.05) is 18.2 Å². The number of nitrogens with one attached hydrogen (secondary N) is 1. The highest BCUT2D eigenvalue weighted by Gasteiger charge is 2.30. The van der Waals surface area contributed by atoms with Gasteiger partial charge in [0.25, 0.3) is 0 Å². The normalized spacial score (nSPS) is 17.6. The Morgan fingerprint density at radius 3 is 2.50 bits per heavy atom. The molecular formula is C20H27N3O2S. The van der Waals surface area contributed by atoms with Crippen molar-refractivity contribution in [1.82, 2.24) is 10.2 Å². The number of amides is 1. The average Bonchev–Trinajstić information content (AvgIpc) is 3.16. The molecule has 5 nitrogen and oxygen atoms in total. The Kier molecular flexibility index (Phi) is 6.16. The zero-order chi connectivity index (χ0) is 18.5. The quantitative estimate of drug-likeness (QED) is 0.845. The lowest BCUT2D eigenvalue weighted by Gasteiger charge is -2.42. The van der Waals surface area contributed by atoms with Gasteiger partial charge < -0.3 is 15.0 Å². The summed E-state index contributed by atoms with van der Waals surface area (Å²) in [7, 11) is 1.72. The zero-order valence-corrected chi connectivity index (χ0v) is 16.5. The molecule has 2 aromatic rings. The van der Waals surface area contributed by atoms with Crippen molar-refractivity contribution in [2.24, 2.45) is 0 Å². The zero-order valence-electron chi connectivity index (χ0n) is 15.6. The van der Waals surface area contributed by atoms with E-state index in [9.17, 15) is 4.79 Å². The van der Waals surface area contributed by atoms with E-state index in [2.05, 4.69) is 51.7 Å². The van der Waals surface area contributed by atoms with Crippen LogP contribution in [0.25, 0.3) is 0 Å². The molecule has 26 heavy (non-hydrogen) atoms. The van der Waals surface area contributed by atoms with Crippen molar-refractivity contribution in [2.45, 2.75) is 25.9 Å². The minimum absolute atomic E-state index is 0.0201. The first-order chi connectivity index (χ1) is 12.6. The predicted molar refractivity (Wildman–Crippen MR) is 107 cm³/mol. The van der Waals surface area contributed by atoms with Crippen LogP contribution in [0, 0.1) is 0 Å². The molecule has 1 aromatic heterocycles. The average molecular weight is 374 g/mol. The molecule has 0 aliphatic carbocycles. The molecule has 0 radical (unpaired) electrons. The molecule has 140 valence electrons. The van der Waals surface area contributed by atoms with E-state index >= 15 is 0 Å². The molecule has 1 saturated heterocycles. The molecule has 0 saturated carbocycles. The molecule has 2 atom stereocenters. The van der Waals surface area contributed by atoms with Crippen molar-refractivity contribution in [1.29, 1.82) is 0 Å². The summed E-state index contributed by atoms with van der Waals surface area (Å²) >= 11 is 1.76. The molecule has 3 rings (SSSR count). The van der Waals surface area contributed by atoms with Crippen LogP contribution >= 0.6 is 11.3 Å². The number of hydrogen-bond acceptors (Lipinski definition) is 5. The van der Waals surface area contributed by atoms with Gasteiger partial charge in [-0.05, 0) is 30.5 Å². The van der Waals surface area contributed by atoms with Gasteiger partial charge in [0.1, 0.15) is 5.75 Å². The highest BCUT2D eigenvalue weighted by molar-refractivity contribution is 7.10. The van der Waals surface area contributed by atoms with E-state index in [1.54, 1.807) is 25.4 Å². The third-order valence-electron chi connectivity index (χ3n) is 4.87. The minimum atomic E-state index is 0.0201. The molecule has 2 unspecified atom stereocenters. The van der Waals surface area contributed by atoms with E-state index < -0.39 is 0 Å². The fourth-order valence-corrected chi connectivity index (χ4v) is 4.70. The Hall–Kier alpha value is -2.05. The molecule has 1 aliphatic rings. The number of methoxy groups -OCH3 is 1. The third-order valence-corrected chi connectivity index (χ3v) is 5.82. The maximum atomic E-state index is 11.6. The summed E-state index contributed by atoms with van der Waals surface area (Å²) in [5, 5.41) is 5.19. The lowest BCUT2D eigenvalue weighted by atomic mass is 10.0. The van der Waals surface area contributed by atoms with Gasteiger partial charge in [0.2, 0.25) is 5.91 Å². The fourth-order valence-electron chi connectivity index (χ4n) is 3.73. The summed E-state index contributed by atoms with van der Waals surface area (Å²) in [6, 6.07) is 12.7. The van der Waals surface area contributed by atoms with Crippen LogP contribution in [0.3, 0.4) is 0 Å². The number of benzene rings is 1. The van der Waals surface area contributed by atoms with E-state index in [4.69, 9.17) is 4.74 Å². The highest BCUT2D eigenvalue weighted by atomic mass is 32.1. The minimum Gasteiger partial charge on any atom is -0.495 e. The third kappa shape index (κ3) is 4.19. The lowest BCUT2D eigenvalue weighted by molar-refractivity contribution is -0.120. The maximum absolute atomic E-state index is 11.6. The molecule has 1 amide bonds. The van der Waals surface area contributed by atoms with Crippen LogP contribution < -0.4 is 15.0 Å². The van der Waals surface area contributed by atoms with Crippen LogP contribution in [0.15, 0.2) is 41.8 Å². The second-order valence-corrected chi connectivity index (χ2v) is 7.62. The van der Waals surface area contributed by atoms with Crippen molar-refractivity contribution in [3.8, 4) is 5.75 Å². The molecule has 1 fully saturated rings. The molecule has 0 bridgehead atoms. The molecule has 1 aromatic carbocycles. The topological polar surface area (TPSA) is 44.8 Å². The van der Waals surface area contributed by atoms with Crippen LogP contribution in [-0.4, -0.2) is 50.1 Å². The SMILES string of the molecule is COc1ccccc1N1CCN(C(c2cccs2)C(C)NC(C)=O)CC1. The van der Waals surface area contributed by atoms with Gasteiger partial charge in [-0.25, -0.2) is 0 Å². The number of thiophene rings is 1. The largest absolute Gasteiger partial charge is 0.495 e. The number of piperazine rings is 1. The van der Waals surface area contributed by atoms with Crippen LogP contribution in [0.2, 0.25) is 0 Å². The van der Waals surface area contributed by atoms with E-state index in [0.717, 1.165) is 37.6 Å². The number of carbonyl (C=O) groups excluding carboxylic acids is 1. The van der Waals surface area contributed by atoms with Gasteiger partial charge in [-0.2, -0.15) is 0 Å². The molecule has 2 heterocycles. The number of ether oxygens (including phenoxy) is 1. The van der Waals surface area contributed by atoms with Crippen LogP contribution in [-0.2, 0) is 4.79 Å². The number of carbonyl (C=O) groups is 1. The summed E-state index contributed by atoms with van der Waals surface area (Å²) in [6.45, 7) is 7.46. The number of rotatable bonds is 6. The second kappa shape index (κ2) is 8.56. The summed E-state index contributed by atoms with van der Waals surface area (Å²) < 4.78 is 5.51. The van der Waals surface area contributed by atoms with E-state index in [-0.39, 0.29) is 18.0 Å². The highest BCUT2D eigenvalue weighted by Crippen LogP contribution is 2.32. The molecule has 0 spiro atoms. The number of nitrogens with zero attached hydrogens (tertiary/aromatic N) is 2. The standard InChI is InChI=1S/C20H27N3O2S/c1-15(21-16(2)24)20(19-9-6-14-26-19)23-12-10-22(11-13-23)17-7-4-5-8-18(17)25-3/h4-9,14-15,20H,10-13H2,1-3H3,(H,21,24). The van der Waals surface area contributed by atoms with E-state index in [0.29, 0.717) is 0 Å². The van der Waals surface area contributed by atoms with Gasteiger partial charge in [-0.15, -0.1) is 11.3 Å². The molecule has 1 N–H and O–H groups in total. The van der Waals surface area contributed by atoms with Gasteiger partial charge in [0.05, 0.1) is 18.8 Å². The van der Waals surface area contributed by atoms with Crippen molar-refractivity contribution < 1.29 is 9.53 Å². The smallest absolute Gasteiger partial charge is 0.217 e. The Labute approximate surface area is 159 Å². The van der Waals surface area contributed by atoms with Crippen LogP contribution in [0.5, 0.6) is 5.75 Å². The second-order valence-electron chi connectivity index (χ2n) is 6.64. The Morgan fingerprint density at radius 1 is 1.15 bits per heavy atom. The first kappa shape index (κ1) is 18.7. The van der Waals surface area contributed by atoms with Crippen molar-refractivity contribution in [2.75, 3.05) is 38.2 Å². The first-order valence-electron chi connectivity index (χ1n) is 9.02. The van der Waals surface area contributed by atoms with Crippen LogP contribution in [0.4, 0.5) is 5.69 Å². The summed E-state index contributed by atoms with van der Waals surface area (Å²) in [5.41, 5.74) is 1.15. The van der Waals surface area contributed by atoms with E-state index in [1.807, 2.05) is 12.1 Å². The van der Waals surface area contributed by atoms with E-state index in [1.165, 1.54) is 4.88 Å². The van der Waals surface area contributed by atoms with Gasteiger partial charge in [0, 0.05) is 44.0 Å². The van der Waals surface area contributed by atoms with Gasteiger partial charge in [0.15, 0.2) is 0 Å². The predicted octanol–water partition coefficient (Wildman–Crippen LogP) is 3.14. The summed E-state index contributed by atoms with van der Waals surface area (Å²) in [6.07, 6.45) is 0. The number of anilines is 1. The van der Waals surface area contributed by atoms with Crippen molar-refractivity contribution in [3.63, 3.8) is 0 Å². The molecule has 1 aliphatic heterocycles. The summed E-state index contributed by atoms with van der Waals surface area (Å²) in [4.78, 5) is 17.7. The molecular weight excluding hydrogens is 346 g/mol. The lowest BCUT2D eigenvalue weighted by Crippen LogP contribution is -2.52. The van der Waals surface area contributed by atoms with Crippen molar-refractivity contribution >= 4 is 22.9 Å².